The van der Waals surface area contributed by atoms with Crippen molar-refractivity contribution in [1.29, 1.82) is 0 Å². The molecule has 0 saturated heterocycles. The quantitative estimate of drug-likeness (QED) is 0.851. The molecule has 106 valence electrons. The lowest BCUT2D eigenvalue weighted by Gasteiger charge is -2.15. The molecule has 0 aliphatic heterocycles. The van der Waals surface area contributed by atoms with Gasteiger partial charge in [-0.05, 0) is 23.8 Å². The largest absolute Gasteiger partial charge is 0.387 e. The normalized spacial score (nSPS) is 12.2. The van der Waals surface area contributed by atoms with Crippen molar-refractivity contribution in [2.24, 2.45) is 0 Å². The molecule has 0 fully saturated rings. The van der Waals surface area contributed by atoms with Gasteiger partial charge >= 0.3 is 0 Å². The van der Waals surface area contributed by atoms with Gasteiger partial charge in [0.05, 0.1) is 12.7 Å². The summed E-state index contributed by atoms with van der Waals surface area (Å²) in [4.78, 5) is 0. The highest BCUT2D eigenvalue weighted by Gasteiger charge is 2.08. The molecule has 0 aromatic heterocycles. The molecule has 0 aliphatic rings. The Morgan fingerprint density at radius 1 is 1.15 bits per heavy atom. The number of nitrogens with one attached hydrogen (secondary N) is 1. The average Bonchev–Trinajstić information content (AvgIpc) is 2.47. The minimum atomic E-state index is -0.689. The average molecular weight is 275 g/mol. The highest BCUT2D eigenvalue weighted by molar-refractivity contribution is 5.51. The highest BCUT2D eigenvalue weighted by Crippen LogP contribution is 2.19. The van der Waals surface area contributed by atoms with Crippen LogP contribution in [-0.2, 0) is 11.3 Å². The predicted octanol–water partition coefficient (Wildman–Crippen LogP) is 3.12. The van der Waals surface area contributed by atoms with Gasteiger partial charge in [-0.2, -0.15) is 0 Å². The predicted molar refractivity (Wildman–Crippen MR) is 77.0 cm³/mol. The first-order chi connectivity index (χ1) is 9.70. The zero-order valence-corrected chi connectivity index (χ0v) is 11.3. The Hall–Kier alpha value is -1.91. The number of anilines is 1. The first kappa shape index (κ1) is 14.5. The van der Waals surface area contributed by atoms with Gasteiger partial charge in [0.15, 0.2) is 0 Å². The molecule has 2 aromatic rings. The number of ether oxygens (including phenoxy) is 1. The molecular formula is C16H18FNO2. The van der Waals surface area contributed by atoms with Gasteiger partial charge in [-0.1, -0.05) is 30.3 Å². The molecule has 0 aliphatic carbocycles. The Morgan fingerprint density at radius 3 is 2.55 bits per heavy atom. The van der Waals surface area contributed by atoms with E-state index in [0.29, 0.717) is 18.7 Å². The van der Waals surface area contributed by atoms with E-state index in [0.717, 1.165) is 11.3 Å². The minimum Gasteiger partial charge on any atom is -0.387 e. The van der Waals surface area contributed by atoms with Crippen LogP contribution in [0.4, 0.5) is 10.1 Å². The molecule has 0 saturated carbocycles. The third-order valence-corrected chi connectivity index (χ3v) is 3.06. The van der Waals surface area contributed by atoms with Crippen LogP contribution in [0.2, 0.25) is 0 Å². The number of para-hydroxylation sites is 1. The lowest BCUT2D eigenvalue weighted by molar-refractivity contribution is 0.184. The van der Waals surface area contributed by atoms with Crippen LogP contribution in [0.25, 0.3) is 0 Å². The van der Waals surface area contributed by atoms with Crippen LogP contribution < -0.4 is 5.32 Å². The van der Waals surface area contributed by atoms with Crippen LogP contribution >= 0.6 is 0 Å². The topological polar surface area (TPSA) is 41.5 Å². The minimum absolute atomic E-state index is 0.306. The van der Waals surface area contributed by atoms with Crippen LogP contribution in [0.5, 0.6) is 0 Å². The van der Waals surface area contributed by atoms with Gasteiger partial charge in [0.25, 0.3) is 0 Å². The maximum absolute atomic E-state index is 12.8. The first-order valence-electron chi connectivity index (χ1n) is 6.45. The summed E-state index contributed by atoms with van der Waals surface area (Å²) in [6, 6.07) is 13.6. The number of methoxy groups -OCH3 is 1. The fraction of sp³-hybridized carbons (Fsp3) is 0.250. The number of hydrogen-bond acceptors (Lipinski definition) is 3. The Balaban J connectivity index is 1.99. The van der Waals surface area contributed by atoms with Crippen molar-refractivity contribution in [2.75, 3.05) is 19.0 Å². The summed E-state index contributed by atoms with van der Waals surface area (Å²) >= 11 is 0. The van der Waals surface area contributed by atoms with Gasteiger partial charge in [0.1, 0.15) is 5.82 Å². The summed E-state index contributed by atoms with van der Waals surface area (Å²) in [7, 11) is 1.64. The van der Waals surface area contributed by atoms with E-state index in [-0.39, 0.29) is 5.82 Å². The molecule has 20 heavy (non-hydrogen) atoms. The zero-order valence-electron chi connectivity index (χ0n) is 11.3. The van der Waals surface area contributed by atoms with E-state index in [1.54, 1.807) is 19.2 Å². The van der Waals surface area contributed by atoms with E-state index in [1.807, 2.05) is 24.3 Å². The van der Waals surface area contributed by atoms with Crippen molar-refractivity contribution in [1.82, 2.24) is 0 Å². The SMILES string of the molecule is COCc1ccccc1NCC(O)c1ccc(F)cc1. The fourth-order valence-corrected chi connectivity index (χ4v) is 1.98. The Labute approximate surface area is 118 Å². The van der Waals surface area contributed by atoms with Crippen LogP contribution in [0.3, 0.4) is 0 Å². The standard InChI is InChI=1S/C16H18FNO2/c1-20-11-13-4-2-3-5-15(13)18-10-16(19)12-6-8-14(17)9-7-12/h2-9,16,18-19H,10-11H2,1H3. The number of rotatable bonds is 6. The molecule has 0 bridgehead atoms. The maximum Gasteiger partial charge on any atom is 0.123 e. The second-order valence-electron chi connectivity index (χ2n) is 4.54. The van der Waals surface area contributed by atoms with Crippen LogP contribution in [0.1, 0.15) is 17.2 Å². The summed E-state index contributed by atoms with van der Waals surface area (Å²) in [6.07, 6.45) is -0.689. The van der Waals surface area contributed by atoms with Crippen molar-refractivity contribution in [3.05, 3.63) is 65.5 Å². The summed E-state index contributed by atoms with van der Waals surface area (Å²) in [5.41, 5.74) is 2.64. The molecule has 2 aromatic carbocycles. The van der Waals surface area contributed by atoms with Gasteiger partial charge in [-0.3, -0.25) is 0 Å². The molecule has 2 N–H and O–H groups in total. The molecule has 4 heteroatoms. The number of hydrogen-bond donors (Lipinski definition) is 2. The highest BCUT2D eigenvalue weighted by atomic mass is 19.1. The van der Waals surface area contributed by atoms with Crippen LogP contribution in [0.15, 0.2) is 48.5 Å². The Kier molecular flexibility index (Phi) is 5.09. The fourth-order valence-electron chi connectivity index (χ4n) is 1.98. The number of halogens is 1. The van der Waals surface area contributed by atoms with Crippen molar-refractivity contribution in [3.63, 3.8) is 0 Å². The van der Waals surface area contributed by atoms with E-state index in [9.17, 15) is 9.50 Å². The Morgan fingerprint density at radius 2 is 1.85 bits per heavy atom. The lowest BCUT2D eigenvalue weighted by atomic mass is 10.1. The maximum atomic E-state index is 12.8. The van der Waals surface area contributed by atoms with Crippen molar-refractivity contribution >= 4 is 5.69 Å². The number of aliphatic hydroxyl groups is 1. The molecular weight excluding hydrogens is 257 g/mol. The molecule has 0 radical (unpaired) electrons. The molecule has 1 unspecified atom stereocenters. The first-order valence-corrected chi connectivity index (χ1v) is 6.45. The molecule has 0 heterocycles. The summed E-state index contributed by atoms with van der Waals surface area (Å²) in [5.74, 6) is -0.306. The van der Waals surface area contributed by atoms with E-state index < -0.39 is 6.10 Å². The van der Waals surface area contributed by atoms with Crippen molar-refractivity contribution < 1.29 is 14.2 Å². The molecule has 1 atom stereocenters. The zero-order chi connectivity index (χ0) is 14.4. The monoisotopic (exact) mass is 275 g/mol. The molecule has 2 rings (SSSR count). The van der Waals surface area contributed by atoms with Gasteiger partial charge < -0.3 is 15.2 Å². The van der Waals surface area contributed by atoms with Crippen molar-refractivity contribution in [3.8, 4) is 0 Å². The summed E-state index contributed by atoms with van der Waals surface area (Å²) in [6.45, 7) is 0.863. The summed E-state index contributed by atoms with van der Waals surface area (Å²) < 4.78 is 18.0. The Bertz CT molecular complexity index is 542. The number of aliphatic hydroxyl groups excluding tert-OH is 1. The van der Waals surface area contributed by atoms with Gasteiger partial charge in [-0.15, -0.1) is 0 Å². The second-order valence-corrected chi connectivity index (χ2v) is 4.54. The lowest BCUT2D eigenvalue weighted by Crippen LogP contribution is -2.13. The van der Waals surface area contributed by atoms with E-state index in [1.165, 1.54) is 12.1 Å². The number of benzene rings is 2. The van der Waals surface area contributed by atoms with Gasteiger partial charge in [0, 0.05) is 24.9 Å². The van der Waals surface area contributed by atoms with Gasteiger partial charge in [0.2, 0.25) is 0 Å². The third-order valence-electron chi connectivity index (χ3n) is 3.06. The molecule has 0 amide bonds. The third kappa shape index (κ3) is 3.79. The smallest absolute Gasteiger partial charge is 0.123 e. The van der Waals surface area contributed by atoms with E-state index in [2.05, 4.69) is 5.32 Å². The molecule has 3 nitrogen and oxygen atoms in total. The molecule has 0 spiro atoms. The summed E-state index contributed by atoms with van der Waals surface area (Å²) in [5, 5.41) is 13.3. The van der Waals surface area contributed by atoms with Crippen LogP contribution in [0, 0.1) is 5.82 Å². The van der Waals surface area contributed by atoms with E-state index >= 15 is 0 Å². The van der Waals surface area contributed by atoms with E-state index in [4.69, 9.17) is 4.74 Å². The van der Waals surface area contributed by atoms with Gasteiger partial charge in [-0.25, -0.2) is 4.39 Å². The van der Waals surface area contributed by atoms with Crippen LogP contribution in [-0.4, -0.2) is 18.8 Å². The van der Waals surface area contributed by atoms with Crippen molar-refractivity contribution in [2.45, 2.75) is 12.7 Å². The second kappa shape index (κ2) is 7.03.